The Morgan fingerprint density at radius 2 is 1.90 bits per heavy atom. The van der Waals surface area contributed by atoms with E-state index in [2.05, 4.69) is 65.4 Å². The van der Waals surface area contributed by atoms with Gasteiger partial charge in [-0.1, -0.05) is 41.1 Å². The van der Waals surface area contributed by atoms with E-state index in [1.165, 1.54) is 16.8 Å². The largest absolute Gasteiger partial charge is 0.494 e. The molecule has 0 aromatic heterocycles. The molecule has 0 bridgehead atoms. The van der Waals surface area contributed by atoms with Gasteiger partial charge in [0.2, 0.25) is 0 Å². The third-order valence-electron chi connectivity index (χ3n) is 3.51. The molecule has 0 saturated heterocycles. The number of halogens is 1. The number of aryl methyl sites for hydroxylation is 1. The second kappa shape index (κ2) is 7.51. The average molecular weight is 348 g/mol. The highest BCUT2D eigenvalue weighted by Gasteiger charge is 2.12. The highest BCUT2D eigenvalue weighted by atomic mass is 79.9. The summed E-state index contributed by atoms with van der Waals surface area (Å²) >= 11 is 3.53. The summed E-state index contributed by atoms with van der Waals surface area (Å²) in [5, 5.41) is 3.60. The minimum absolute atomic E-state index is 0.194. The molecule has 0 radical (unpaired) electrons. The van der Waals surface area contributed by atoms with Crippen LogP contribution in [0.3, 0.4) is 0 Å². The summed E-state index contributed by atoms with van der Waals surface area (Å²) in [4.78, 5) is 0. The molecule has 1 N–H and O–H groups in total. The predicted octanol–water partition coefficient (Wildman–Crippen LogP) is 5.58. The molecule has 2 nitrogen and oxygen atoms in total. The molecule has 21 heavy (non-hydrogen) atoms. The highest BCUT2D eigenvalue weighted by molar-refractivity contribution is 9.10. The number of para-hydroxylation sites is 1. The molecule has 112 valence electrons. The molecule has 2 rings (SSSR count). The molecule has 1 unspecified atom stereocenters. The lowest BCUT2D eigenvalue weighted by molar-refractivity contribution is 0.335. The fourth-order valence-electron chi connectivity index (χ4n) is 2.43. The quantitative estimate of drug-likeness (QED) is 0.735. The fourth-order valence-corrected chi connectivity index (χ4v) is 2.84. The van der Waals surface area contributed by atoms with Gasteiger partial charge in [0.05, 0.1) is 12.6 Å². The van der Waals surface area contributed by atoms with Gasteiger partial charge in [-0.25, -0.2) is 0 Å². The van der Waals surface area contributed by atoms with Gasteiger partial charge in [0.15, 0.2) is 0 Å². The van der Waals surface area contributed by atoms with Crippen LogP contribution in [0.4, 0.5) is 5.69 Å². The van der Waals surface area contributed by atoms with Crippen molar-refractivity contribution in [2.45, 2.75) is 33.2 Å². The number of ether oxygens (including phenoxy) is 1. The zero-order chi connectivity index (χ0) is 15.2. The van der Waals surface area contributed by atoms with E-state index in [1.807, 2.05) is 19.1 Å². The van der Waals surface area contributed by atoms with Gasteiger partial charge < -0.3 is 10.1 Å². The number of rotatable bonds is 6. The van der Waals surface area contributed by atoms with E-state index in [4.69, 9.17) is 4.74 Å². The summed E-state index contributed by atoms with van der Waals surface area (Å²) in [5.41, 5.74) is 3.67. The number of hydrogen-bond acceptors (Lipinski definition) is 2. The summed E-state index contributed by atoms with van der Waals surface area (Å²) < 4.78 is 6.84. The number of nitrogens with one attached hydrogen (secondary N) is 1. The van der Waals surface area contributed by atoms with Crippen molar-refractivity contribution in [2.75, 3.05) is 11.9 Å². The number of benzene rings is 2. The summed E-state index contributed by atoms with van der Waals surface area (Å²) in [6.07, 6.45) is 1.00. The van der Waals surface area contributed by atoms with E-state index in [-0.39, 0.29) is 6.04 Å². The Balaban J connectivity index is 2.24. The molecule has 0 aliphatic heterocycles. The van der Waals surface area contributed by atoms with Crippen LogP contribution in [0.25, 0.3) is 0 Å². The van der Waals surface area contributed by atoms with Gasteiger partial charge in [0.25, 0.3) is 0 Å². The Labute approximate surface area is 135 Å². The smallest absolute Gasteiger partial charge is 0.124 e. The summed E-state index contributed by atoms with van der Waals surface area (Å²) in [6, 6.07) is 14.8. The van der Waals surface area contributed by atoms with Gasteiger partial charge in [-0.3, -0.25) is 0 Å². The molecule has 0 spiro atoms. The third kappa shape index (κ3) is 4.01. The van der Waals surface area contributed by atoms with E-state index in [9.17, 15) is 0 Å². The normalized spacial score (nSPS) is 12.0. The lowest BCUT2D eigenvalue weighted by Gasteiger charge is -2.21. The van der Waals surface area contributed by atoms with Crippen molar-refractivity contribution in [1.82, 2.24) is 0 Å². The van der Waals surface area contributed by atoms with Crippen LogP contribution in [-0.4, -0.2) is 6.61 Å². The third-order valence-corrected chi connectivity index (χ3v) is 4.00. The Kier molecular flexibility index (Phi) is 5.68. The van der Waals surface area contributed by atoms with E-state index >= 15 is 0 Å². The van der Waals surface area contributed by atoms with Crippen molar-refractivity contribution in [3.05, 3.63) is 58.1 Å². The molecule has 2 aromatic rings. The van der Waals surface area contributed by atoms with Crippen molar-refractivity contribution in [1.29, 1.82) is 0 Å². The lowest BCUT2D eigenvalue weighted by Crippen LogP contribution is -2.10. The van der Waals surface area contributed by atoms with Crippen LogP contribution in [0.2, 0.25) is 0 Å². The number of anilines is 1. The Hall–Kier alpha value is -1.48. The van der Waals surface area contributed by atoms with Gasteiger partial charge in [-0.15, -0.1) is 0 Å². The van der Waals surface area contributed by atoms with Crippen molar-refractivity contribution >= 4 is 21.6 Å². The number of hydrogen-bond donors (Lipinski definition) is 1. The monoisotopic (exact) mass is 347 g/mol. The standard InChI is InChI=1S/C18H22BrNO/c1-4-14-12-15(19)10-11-17(14)20-13(3)16-8-6-7-9-18(16)21-5-2/h6-13,20H,4-5H2,1-3H3. The van der Waals surface area contributed by atoms with Crippen LogP contribution < -0.4 is 10.1 Å². The minimum Gasteiger partial charge on any atom is -0.494 e. The van der Waals surface area contributed by atoms with Crippen LogP contribution in [-0.2, 0) is 6.42 Å². The first-order chi connectivity index (χ1) is 10.2. The van der Waals surface area contributed by atoms with Crippen LogP contribution in [0, 0.1) is 0 Å². The van der Waals surface area contributed by atoms with Crippen LogP contribution in [0.15, 0.2) is 46.9 Å². The molecule has 0 aliphatic rings. The first kappa shape index (κ1) is 15.9. The fraction of sp³-hybridized carbons (Fsp3) is 0.333. The van der Waals surface area contributed by atoms with Gasteiger partial charge in [-0.2, -0.15) is 0 Å². The zero-order valence-electron chi connectivity index (χ0n) is 12.8. The molecule has 0 fully saturated rings. The molecule has 0 heterocycles. The summed E-state index contributed by atoms with van der Waals surface area (Å²) in [5.74, 6) is 0.954. The zero-order valence-corrected chi connectivity index (χ0v) is 14.4. The molecule has 0 aliphatic carbocycles. The van der Waals surface area contributed by atoms with Gasteiger partial charge in [0, 0.05) is 15.7 Å². The minimum atomic E-state index is 0.194. The SMILES string of the molecule is CCOc1ccccc1C(C)Nc1ccc(Br)cc1CC. The molecule has 0 amide bonds. The van der Waals surface area contributed by atoms with Gasteiger partial charge in [0.1, 0.15) is 5.75 Å². The maximum atomic E-state index is 5.72. The topological polar surface area (TPSA) is 21.3 Å². The van der Waals surface area contributed by atoms with E-state index < -0.39 is 0 Å². The van der Waals surface area contributed by atoms with Gasteiger partial charge >= 0.3 is 0 Å². The van der Waals surface area contributed by atoms with Crippen LogP contribution in [0.5, 0.6) is 5.75 Å². The van der Waals surface area contributed by atoms with Crippen molar-refractivity contribution in [2.24, 2.45) is 0 Å². The molecular formula is C18H22BrNO. The van der Waals surface area contributed by atoms with Crippen LogP contribution in [0.1, 0.15) is 37.9 Å². The first-order valence-electron chi connectivity index (χ1n) is 7.42. The highest BCUT2D eigenvalue weighted by Crippen LogP contribution is 2.30. The Morgan fingerprint density at radius 1 is 1.14 bits per heavy atom. The first-order valence-corrected chi connectivity index (χ1v) is 8.21. The van der Waals surface area contributed by atoms with E-state index in [1.54, 1.807) is 0 Å². The second-order valence-electron chi connectivity index (χ2n) is 4.99. The maximum absolute atomic E-state index is 5.72. The van der Waals surface area contributed by atoms with Crippen molar-refractivity contribution < 1.29 is 4.74 Å². The molecule has 2 aromatic carbocycles. The van der Waals surface area contributed by atoms with E-state index in [0.717, 1.165) is 16.6 Å². The average Bonchev–Trinajstić information content (AvgIpc) is 2.49. The van der Waals surface area contributed by atoms with Crippen molar-refractivity contribution in [3.8, 4) is 5.75 Å². The molecule has 1 atom stereocenters. The van der Waals surface area contributed by atoms with Crippen molar-refractivity contribution in [3.63, 3.8) is 0 Å². The summed E-state index contributed by atoms with van der Waals surface area (Å²) in [7, 11) is 0. The van der Waals surface area contributed by atoms with Crippen LogP contribution >= 0.6 is 15.9 Å². The Bertz CT molecular complexity index is 598. The summed E-state index contributed by atoms with van der Waals surface area (Å²) in [6.45, 7) is 7.03. The van der Waals surface area contributed by atoms with Gasteiger partial charge in [-0.05, 0) is 50.1 Å². The molecule has 0 saturated carbocycles. The van der Waals surface area contributed by atoms with E-state index in [0.29, 0.717) is 6.61 Å². The molecular weight excluding hydrogens is 326 g/mol. The second-order valence-corrected chi connectivity index (χ2v) is 5.91. The maximum Gasteiger partial charge on any atom is 0.124 e. The lowest BCUT2D eigenvalue weighted by atomic mass is 10.0. The molecule has 3 heteroatoms. The predicted molar refractivity (Wildman–Crippen MR) is 93.2 cm³/mol. The Morgan fingerprint density at radius 3 is 2.62 bits per heavy atom.